The van der Waals surface area contributed by atoms with E-state index < -0.39 is 0 Å². The maximum Gasteiger partial charge on any atom is 0.0991 e. The summed E-state index contributed by atoms with van der Waals surface area (Å²) in [6.45, 7) is 4.98. The Bertz CT molecular complexity index is 1180. The summed E-state index contributed by atoms with van der Waals surface area (Å²) in [6.07, 6.45) is 14.7. The zero-order valence-electron chi connectivity index (χ0n) is 19.7. The number of rotatable bonds is 2. The van der Waals surface area contributed by atoms with Crippen LogP contribution < -0.4 is 0 Å². The summed E-state index contributed by atoms with van der Waals surface area (Å²) in [5.41, 5.74) is 6.19. The SMILES string of the molecule is C[C@]12CC[C@H](O)CC1=CC[C@@H]1[C@@H]2CC[C@]2(C)C(c3ccn(-c4ccc(C#N)cc4)n3)=CC[C@@H]12. The zero-order valence-corrected chi connectivity index (χ0v) is 19.7. The fourth-order valence-corrected chi connectivity index (χ4v) is 7.91. The average molecular weight is 440 g/mol. The lowest BCUT2D eigenvalue weighted by Gasteiger charge is -2.57. The Morgan fingerprint density at radius 1 is 1.00 bits per heavy atom. The fraction of sp³-hybridized carbons (Fsp3) is 0.517. The lowest BCUT2D eigenvalue weighted by molar-refractivity contribution is -0.0238. The van der Waals surface area contributed by atoms with E-state index in [1.807, 2.05) is 35.1 Å². The van der Waals surface area contributed by atoms with Crippen molar-refractivity contribution in [2.24, 2.45) is 28.6 Å². The van der Waals surface area contributed by atoms with Crippen LogP contribution in [0.3, 0.4) is 0 Å². The van der Waals surface area contributed by atoms with Gasteiger partial charge in [-0.05, 0) is 109 Å². The Hall–Kier alpha value is -2.64. The van der Waals surface area contributed by atoms with Crippen LogP contribution in [0.4, 0.5) is 0 Å². The summed E-state index contributed by atoms with van der Waals surface area (Å²) in [4.78, 5) is 0. The van der Waals surface area contributed by atoms with Crippen molar-refractivity contribution < 1.29 is 5.11 Å². The largest absolute Gasteiger partial charge is 0.393 e. The van der Waals surface area contributed by atoms with Crippen molar-refractivity contribution in [3.05, 3.63) is 65.5 Å². The Morgan fingerprint density at radius 3 is 2.58 bits per heavy atom. The van der Waals surface area contributed by atoms with Crippen LogP contribution >= 0.6 is 0 Å². The van der Waals surface area contributed by atoms with Gasteiger partial charge >= 0.3 is 0 Å². The molecule has 1 aromatic carbocycles. The molecule has 0 amide bonds. The van der Waals surface area contributed by atoms with Gasteiger partial charge in [0.15, 0.2) is 0 Å². The highest BCUT2D eigenvalue weighted by atomic mass is 16.3. The minimum Gasteiger partial charge on any atom is -0.393 e. The van der Waals surface area contributed by atoms with Crippen LogP contribution in [0.5, 0.6) is 0 Å². The molecule has 33 heavy (non-hydrogen) atoms. The Morgan fingerprint density at radius 2 is 1.79 bits per heavy atom. The number of hydrogen-bond donors (Lipinski definition) is 1. The molecule has 1 N–H and O–H groups in total. The molecule has 4 nitrogen and oxygen atoms in total. The van der Waals surface area contributed by atoms with Crippen LogP contribution in [0.2, 0.25) is 0 Å². The molecule has 6 atom stereocenters. The van der Waals surface area contributed by atoms with E-state index in [4.69, 9.17) is 10.4 Å². The monoisotopic (exact) mass is 439 g/mol. The second kappa shape index (κ2) is 7.43. The second-order valence-corrected chi connectivity index (χ2v) is 11.3. The Kier molecular flexibility index (Phi) is 4.72. The van der Waals surface area contributed by atoms with Gasteiger partial charge in [0.2, 0.25) is 0 Å². The standard InChI is InChI=1S/C29H33N3O/c1-28-14-11-22(33)17-20(28)5-8-23-24-9-10-26(29(24,2)15-12-25(23)28)27-13-16-32(31-27)21-6-3-19(18-30)4-7-21/h3-7,10,13,16,22-25,33H,8-9,11-12,14-15,17H2,1-2H3/t22-,23-,24-,25-,28-,29-/m0/s1. The molecule has 0 spiro atoms. The molecule has 2 aromatic rings. The third-order valence-electron chi connectivity index (χ3n) is 9.78. The quantitative estimate of drug-likeness (QED) is 0.579. The first-order chi connectivity index (χ1) is 15.9. The predicted octanol–water partition coefficient (Wildman–Crippen LogP) is 6.06. The number of nitrogens with zero attached hydrogens (tertiary/aromatic N) is 3. The minimum absolute atomic E-state index is 0.138. The molecule has 0 aliphatic heterocycles. The highest BCUT2D eigenvalue weighted by molar-refractivity contribution is 5.70. The van der Waals surface area contributed by atoms with Crippen LogP contribution in [0.25, 0.3) is 11.3 Å². The average Bonchev–Trinajstić information content (AvgIpc) is 3.44. The van der Waals surface area contributed by atoms with Crippen molar-refractivity contribution in [2.45, 2.75) is 64.9 Å². The number of aliphatic hydroxyl groups excluding tert-OH is 1. The number of aromatic nitrogens is 2. The molecule has 2 fully saturated rings. The van der Waals surface area contributed by atoms with E-state index >= 15 is 0 Å². The maximum atomic E-state index is 10.2. The van der Waals surface area contributed by atoms with Gasteiger partial charge in [0.05, 0.1) is 29.1 Å². The number of nitriles is 1. The van der Waals surface area contributed by atoms with E-state index in [0.717, 1.165) is 48.9 Å². The molecule has 6 rings (SSSR count). The van der Waals surface area contributed by atoms with Gasteiger partial charge in [-0.2, -0.15) is 10.4 Å². The molecule has 0 saturated heterocycles. The number of hydrogen-bond acceptors (Lipinski definition) is 3. The lowest BCUT2D eigenvalue weighted by atomic mass is 9.47. The van der Waals surface area contributed by atoms with Crippen molar-refractivity contribution >= 4 is 5.57 Å². The van der Waals surface area contributed by atoms with Gasteiger partial charge in [0.1, 0.15) is 0 Å². The van der Waals surface area contributed by atoms with Crippen molar-refractivity contribution in [2.75, 3.05) is 0 Å². The minimum atomic E-state index is -0.138. The maximum absolute atomic E-state index is 10.2. The Balaban J connectivity index is 1.27. The van der Waals surface area contributed by atoms with Gasteiger partial charge in [0.25, 0.3) is 0 Å². The zero-order chi connectivity index (χ0) is 22.8. The van der Waals surface area contributed by atoms with E-state index in [-0.39, 0.29) is 16.9 Å². The van der Waals surface area contributed by atoms with Crippen molar-refractivity contribution in [3.8, 4) is 11.8 Å². The highest BCUT2D eigenvalue weighted by Gasteiger charge is 2.57. The van der Waals surface area contributed by atoms with Gasteiger partial charge < -0.3 is 5.11 Å². The number of allylic oxidation sites excluding steroid dienone is 3. The number of fused-ring (bicyclic) bond motifs is 5. The third kappa shape index (κ3) is 3.09. The molecule has 0 bridgehead atoms. The molecule has 4 aliphatic rings. The Labute approximate surface area is 196 Å². The van der Waals surface area contributed by atoms with Crippen LogP contribution in [0.15, 0.2) is 54.3 Å². The number of benzene rings is 1. The van der Waals surface area contributed by atoms with Crippen molar-refractivity contribution in [1.29, 1.82) is 5.26 Å². The van der Waals surface area contributed by atoms with Crippen molar-refractivity contribution in [1.82, 2.24) is 9.78 Å². The first kappa shape index (κ1) is 20.9. The van der Waals surface area contributed by atoms with Crippen LogP contribution in [-0.4, -0.2) is 21.0 Å². The summed E-state index contributed by atoms with van der Waals surface area (Å²) < 4.78 is 1.93. The molecular formula is C29H33N3O. The summed E-state index contributed by atoms with van der Waals surface area (Å²) in [6, 6.07) is 12.0. The predicted molar refractivity (Wildman–Crippen MR) is 129 cm³/mol. The topological polar surface area (TPSA) is 61.8 Å². The normalized spacial score (nSPS) is 37.3. The smallest absolute Gasteiger partial charge is 0.0991 e. The van der Waals surface area contributed by atoms with Crippen LogP contribution in [-0.2, 0) is 0 Å². The molecule has 1 heterocycles. The first-order valence-corrected chi connectivity index (χ1v) is 12.6. The van der Waals surface area contributed by atoms with E-state index in [0.29, 0.717) is 11.5 Å². The van der Waals surface area contributed by atoms with Crippen molar-refractivity contribution in [3.63, 3.8) is 0 Å². The van der Waals surface area contributed by atoms with Gasteiger partial charge in [0, 0.05) is 6.20 Å². The molecule has 0 unspecified atom stereocenters. The van der Waals surface area contributed by atoms with E-state index in [2.05, 4.69) is 38.1 Å². The molecule has 2 saturated carbocycles. The summed E-state index contributed by atoms with van der Waals surface area (Å²) >= 11 is 0. The summed E-state index contributed by atoms with van der Waals surface area (Å²) in [5.74, 6) is 2.14. The van der Waals surface area contributed by atoms with Gasteiger partial charge in [-0.15, -0.1) is 0 Å². The summed E-state index contributed by atoms with van der Waals surface area (Å²) in [5, 5.41) is 24.3. The molecule has 170 valence electrons. The molecule has 1 aromatic heterocycles. The molecule has 0 radical (unpaired) electrons. The van der Waals surface area contributed by atoms with Gasteiger partial charge in [-0.3, -0.25) is 0 Å². The fourth-order valence-electron chi connectivity index (χ4n) is 7.91. The summed E-state index contributed by atoms with van der Waals surface area (Å²) in [7, 11) is 0. The molecule has 4 aliphatic carbocycles. The highest BCUT2D eigenvalue weighted by Crippen LogP contribution is 2.66. The molecule has 4 heteroatoms. The van der Waals surface area contributed by atoms with E-state index in [1.165, 1.54) is 24.8 Å². The van der Waals surface area contributed by atoms with Crippen LogP contribution in [0.1, 0.15) is 70.1 Å². The van der Waals surface area contributed by atoms with E-state index in [9.17, 15) is 5.11 Å². The van der Waals surface area contributed by atoms with Gasteiger partial charge in [-0.25, -0.2) is 4.68 Å². The first-order valence-electron chi connectivity index (χ1n) is 12.6. The second-order valence-electron chi connectivity index (χ2n) is 11.3. The molecular weight excluding hydrogens is 406 g/mol. The lowest BCUT2D eigenvalue weighted by Crippen LogP contribution is -2.49. The number of aliphatic hydroxyl groups is 1. The third-order valence-corrected chi connectivity index (χ3v) is 9.78. The van der Waals surface area contributed by atoms with Crippen LogP contribution in [0, 0.1) is 39.9 Å². The van der Waals surface area contributed by atoms with E-state index in [1.54, 1.807) is 5.57 Å². The van der Waals surface area contributed by atoms with Gasteiger partial charge in [-0.1, -0.05) is 31.6 Å².